The van der Waals surface area contributed by atoms with E-state index in [-0.39, 0.29) is 60.5 Å². The van der Waals surface area contributed by atoms with Gasteiger partial charge in [-0.05, 0) is 132 Å². The van der Waals surface area contributed by atoms with Crippen molar-refractivity contribution in [3.63, 3.8) is 0 Å². The summed E-state index contributed by atoms with van der Waals surface area (Å²) in [5.74, 6) is 0.106. The lowest BCUT2D eigenvalue weighted by atomic mass is 9.95. The maximum atomic E-state index is 13.6. The van der Waals surface area contributed by atoms with E-state index in [1.165, 1.54) is 14.2 Å². The van der Waals surface area contributed by atoms with Crippen molar-refractivity contribution in [1.29, 1.82) is 0 Å². The van der Waals surface area contributed by atoms with Gasteiger partial charge in [0.1, 0.15) is 0 Å². The van der Waals surface area contributed by atoms with Crippen molar-refractivity contribution >= 4 is 43.3 Å². The fourth-order valence-corrected chi connectivity index (χ4v) is 13.1. The Bertz CT molecular complexity index is 2090. The van der Waals surface area contributed by atoms with Crippen LogP contribution in [0.5, 0.6) is 0 Å². The third-order valence-electron chi connectivity index (χ3n) is 13.4. The maximum absolute atomic E-state index is 13.6. The molecule has 16 nitrogen and oxygen atoms in total. The minimum Gasteiger partial charge on any atom is -0.381 e. The number of hydrogen-bond donors (Lipinski definition) is 2. The van der Waals surface area contributed by atoms with Crippen LogP contribution in [0.25, 0.3) is 0 Å². The molecule has 4 aliphatic heterocycles. The van der Waals surface area contributed by atoms with E-state index in [4.69, 9.17) is 14.4 Å². The first-order chi connectivity index (χ1) is 30.1. The number of hydroxylamine groups is 2. The molecule has 4 fully saturated rings. The summed E-state index contributed by atoms with van der Waals surface area (Å²) in [5.41, 5.74) is 6.57. The SMILES string of the molecule is CCC(=O)N1CCC(CCc2ccc(S(=O)(=O)C3(C(=O)NOC)CCN(C)CC3)cc2)C1.CCC(=O)N1CCC(CCc2ccc(S(=O)(=O)C3(C(=O)NOC)CCOCC3)cc2)C1. The normalized spacial score (nSPS) is 21.3. The molecule has 4 aliphatic rings. The predicted octanol–water partition coefficient (Wildman–Crippen LogP) is 3.67. The summed E-state index contributed by atoms with van der Waals surface area (Å²) >= 11 is 0. The molecular formula is C45H67N5O11S2. The fraction of sp³-hybridized carbons (Fsp3) is 0.644. The second kappa shape index (κ2) is 22.3. The van der Waals surface area contributed by atoms with Crippen molar-refractivity contribution in [2.24, 2.45) is 11.8 Å². The van der Waals surface area contributed by atoms with Crippen LogP contribution >= 0.6 is 0 Å². The summed E-state index contributed by atoms with van der Waals surface area (Å²) in [6.45, 7) is 8.48. The highest BCUT2D eigenvalue weighted by Crippen LogP contribution is 2.37. The van der Waals surface area contributed by atoms with Gasteiger partial charge in [-0.2, -0.15) is 0 Å². The summed E-state index contributed by atoms with van der Waals surface area (Å²) in [7, 11) is -3.31. The highest BCUT2D eigenvalue weighted by atomic mass is 32.2. The van der Waals surface area contributed by atoms with Gasteiger partial charge >= 0.3 is 0 Å². The van der Waals surface area contributed by atoms with Crippen molar-refractivity contribution in [1.82, 2.24) is 25.7 Å². The number of amides is 4. The zero-order valence-corrected chi connectivity index (χ0v) is 39.2. The van der Waals surface area contributed by atoms with E-state index in [9.17, 15) is 36.0 Å². The second-order valence-electron chi connectivity index (χ2n) is 17.2. The molecule has 2 N–H and O–H groups in total. The Morgan fingerprint density at radius 1 is 0.635 bits per heavy atom. The van der Waals surface area contributed by atoms with Gasteiger partial charge in [-0.15, -0.1) is 0 Å². The predicted molar refractivity (Wildman–Crippen MR) is 236 cm³/mol. The van der Waals surface area contributed by atoms with E-state index < -0.39 is 41.0 Å². The Morgan fingerprint density at radius 2 is 1.02 bits per heavy atom. The van der Waals surface area contributed by atoms with Crippen LogP contribution in [0.1, 0.15) is 89.2 Å². The Hall–Kier alpha value is -3.94. The van der Waals surface area contributed by atoms with E-state index >= 15 is 0 Å². The molecule has 2 aromatic rings. The number of carbonyl (C=O) groups excluding carboxylic acids is 4. The Labute approximate surface area is 373 Å². The summed E-state index contributed by atoms with van der Waals surface area (Å²) in [6.07, 6.45) is 7.30. The van der Waals surface area contributed by atoms with Gasteiger partial charge in [0.2, 0.25) is 11.8 Å². The Kier molecular flexibility index (Phi) is 17.7. The standard InChI is InChI=1S/C23H35N3O5S.C22H32N2O6S/c1-4-21(27)26-14-11-19(17-26)6-5-18-7-9-20(10-8-18)32(29,30)23(22(28)24-31-3)12-15-25(2)16-13-23;1-3-20(25)24-13-10-18(16-24)5-4-17-6-8-19(9-7-17)31(27,28)22(21(26)23-29-2)11-14-30-15-12-22/h7-10,19H,4-6,11-17H2,1-3H3,(H,24,28);6-9,18H,3-5,10-16H2,1-2H3,(H,23,26). The van der Waals surface area contributed by atoms with Crippen LogP contribution in [-0.2, 0) is 66.1 Å². The molecule has 2 unspecified atom stereocenters. The number of carbonyl (C=O) groups is 4. The van der Waals surface area contributed by atoms with E-state index in [0.717, 1.165) is 75.8 Å². The van der Waals surface area contributed by atoms with Gasteiger partial charge in [0, 0.05) is 52.2 Å². The molecule has 0 aromatic heterocycles. The van der Waals surface area contributed by atoms with E-state index in [0.29, 0.717) is 37.8 Å². The molecule has 350 valence electrons. The summed E-state index contributed by atoms with van der Waals surface area (Å²) in [5, 5.41) is 0. The van der Waals surface area contributed by atoms with Crippen LogP contribution in [0, 0.1) is 11.8 Å². The zero-order chi connectivity index (χ0) is 45.8. The second-order valence-corrected chi connectivity index (χ2v) is 21.8. The third-order valence-corrected chi connectivity index (χ3v) is 18.4. The molecule has 0 bridgehead atoms. The highest BCUT2D eigenvalue weighted by molar-refractivity contribution is 7.94. The minimum atomic E-state index is -3.93. The van der Waals surface area contributed by atoms with Crippen molar-refractivity contribution in [3.8, 4) is 0 Å². The molecule has 4 amide bonds. The monoisotopic (exact) mass is 917 g/mol. The lowest BCUT2D eigenvalue weighted by Crippen LogP contribution is -2.57. The third kappa shape index (κ3) is 11.5. The molecule has 18 heteroatoms. The maximum Gasteiger partial charge on any atom is 0.265 e. The van der Waals surface area contributed by atoms with E-state index in [1.54, 1.807) is 24.3 Å². The first-order valence-corrected chi connectivity index (χ1v) is 25.2. The molecule has 4 saturated heterocycles. The first-order valence-electron chi connectivity index (χ1n) is 22.2. The number of aryl methyl sites for hydroxylation is 2. The van der Waals surface area contributed by atoms with Crippen LogP contribution in [0.15, 0.2) is 58.3 Å². The number of rotatable bonds is 16. The molecule has 63 heavy (non-hydrogen) atoms. The zero-order valence-electron chi connectivity index (χ0n) is 37.6. The lowest BCUT2D eigenvalue weighted by Gasteiger charge is -2.38. The molecule has 2 aromatic carbocycles. The average Bonchev–Trinajstić information content (AvgIpc) is 3.99. The number of nitrogens with one attached hydrogen (secondary N) is 2. The minimum absolute atomic E-state index is 0.0843. The number of nitrogens with zero attached hydrogens (tertiary/aromatic N) is 3. The van der Waals surface area contributed by atoms with Crippen molar-refractivity contribution in [3.05, 3.63) is 59.7 Å². The van der Waals surface area contributed by atoms with Crippen LogP contribution in [0.4, 0.5) is 0 Å². The van der Waals surface area contributed by atoms with Crippen LogP contribution in [-0.4, -0.2) is 138 Å². The van der Waals surface area contributed by atoms with Crippen LogP contribution < -0.4 is 11.0 Å². The largest absolute Gasteiger partial charge is 0.381 e. The highest BCUT2D eigenvalue weighted by Gasteiger charge is 2.54. The van der Waals surface area contributed by atoms with Gasteiger partial charge in [0.25, 0.3) is 11.8 Å². The number of hydrogen-bond acceptors (Lipinski definition) is 12. The van der Waals surface area contributed by atoms with E-state index in [2.05, 4.69) is 11.0 Å². The van der Waals surface area contributed by atoms with Crippen molar-refractivity contribution in [2.45, 2.75) is 110 Å². The van der Waals surface area contributed by atoms with Gasteiger partial charge in [0.15, 0.2) is 29.2 Å². The topological polar surface area (TPSA) is 198 Å². The molecular weight excluding hydrogens is 851 g/mol. The number of likely N-dealkylation sites (tertiary alicyclic amines) is 3. The smallest absolute Gasteiger partial charge is 0.265 e. The van der Waals surface area contributed by atoms with Gasteiger partial charge < -0.3 is 19.4 Å². The van der Waals surface area contributed by atoms with E-state index in [1.807, 2.05) is 59.9 Å². The molecule has 6 rings (SSSR count). The number of benzene rings is 2. The van der Waals surface area contributed by atoms with Crippen LogP contribution in [0.2, 0.25) is 0 Å². The van der Waals surface area contributed by atoms with Gasteiger partial charge in [-0.25, -0.2) is 27.8 Å². The molecule has 0 spiro atoms. The number of piperidine rings is 1. The molecule has 0 radical (unpaired) electrons. The Morgan fingerprint density at radius 3 is 1.38 bits per heavy atom. The molecule has 4 heterocycles. The molecule has 0 aliphatic carbocycles. The first kappa shape index (κ1) is 50.1. The molecule has 0 saturated carbocycles. The van der Waals surface area contributed by atoms with Crippen LogP contribution in [0.3, 0.4) is 0 Å². The summed E-state index contributed by atoms with van der Waals surface area (Å²) in [4.78, 5) is 64.8. The summed E-state index contributed by atoms with van der Waals surface area (Å²) < 4.78 is 56.2. The average molecular weight is 918 g/mol. The van der Waals surface area contributed by atoms with Gasteiger partial charge in [-0.1, -0.05) is 38.1 Å². The molecule has 2 atom stereocenters. The number of sulfone groups is 2. The van der Waals surface area contributed by atoms with Gasteiger partial charge in [0.05, 0.1) is 24.0 Å². The van der Waals surface area contributed by atoms with Gasteiger partial charge in [-0.3, -0.25) is 28.9 Å². The number of ether oxygens (including phenoxy) is 1. The Balaban J connectivity index is 0.000000238. The summed E-state index contributed by atoms with van der Waals surface area (Å²) in [6, 6.07) is 13.7. The van der Waals surface area contributed by atoms with Crippen molar-refractivity contribution < 1.29 is 50.4 Å². The lowest BCUT2D eigenvalue weighted by molar-refractivity contribution is -0.136. The quantitative estimate of drug-likeness (QED) is 0.232. The fourth-order valence-electron chi connectivity index (χ4n) is 9.19. The van der Waals surface area contributed by atoms with Crippen molar-refractivity contribution in [2.75, 3.05) is 73.7 Å².